The summed E-state index contributed by atoms with van der Waals surface area (Å²) >= 11 is 0. The van der Waals surface area contributed by atoms with Crippen LogP contribution in [0, 0.1) is 18.3 Å². The number of nitriles is 1. The van der Waals surface area contributed by atoms with Crippen LogP contribution in [-0.2, 0) is 6.54 Å². The van der Waals surface area contributed by atoms with E-state index in [0.717, 1.165) is 31.1 Å². The number of fused-ring (bicyclic) bond motifs is 1. The maximum Gasteiger partial charge on any atom is 0.134 e. The number of aromatic nitrogens is 1. The van der Waals surface area contributed by atoms with Gasteiger partial charge in [0.1, 0.15) is 5.82 Å². The molecule has 2 aromatic rings. The highest BCUT2D eigenvalue weighted by Gasteiger charge is 2.17. The van der Waals surface area contributed by atoms with Crippen molar-refractivity contribution in [1.29, 1.82) is 5.26 Å². The van der Waals surface area contributed by atoms with E-state index in [0.29, 0.717) is 5.56 Å². The number of rotatable bonds is 1. The normalized spacial score (nSPS) is 14.3. The summed E-state index contributed by atoms with van der Waals surface area (Å²) in [5, 5.41) is 12.5. The van der Waals surface area contributed by atoms with Crippen molar-refractivity contribution >= 4 is 11.5 Å². The minimum Gasteiger partial charge on any atom is -0.325 e. The van der Waals surface area contributed by atoms with Gasteiger partial charge in [-0.25, -0.2) is 4.98 Å². The van der Waals surface area contributed by atoms with E-state index in [1.165, 1.54) is 11.3 Å². The van der Waals surface area contributed by atoms with Crippen LogP contribution in [-0.4, -0.2) is 18.1 Å². The Hall–Kier alpha value is -2.38. The van der Waals surface area contributed by atoms with E-state index in [1.54, 1.807) is 0 Å². The molecule has 0 spiro atoms. The number of benzene rings is 1. The van der Waals surface area contributed by atoms with Crippen molar-refractivity contribution in [2.24, 2.45) is 0 Å². The molecule has 1 aromatic carbocycles. The fraction of sp³-hybridized carbons (Fsp3) is 0.250. The molecule has 0 atom stereocenters. The van der Waals surface area contributed by atoms with Gasteiger partial charge in [-0.2, -0.15) is 5.26 Å². The topological polar surface area (TPSA) is 52.0 Å². The Morgan fingerprint density at radius 2 is 2.15 bits per heavy atom. The number of nitrogens with zero attached hydrogens (tertiary/aromatic N) is 3. The number of para-hydroxylation sites is 1. The summed E-state index contributed by atoms with van der Waals surface area (Å²) in [5.74, 6) is 0.845. The van der Waals surface area contributed by atoms with E-state index in [4.69, 9.17) is 5.26 Å². The predicted molar refractivity (Wildman–Crippen MR) is 78.8 cm³/mol. The molecule has 3 rings (SSSR count). The van der Waals surface area contributed by atoms with Crippen LogP contribution >= 0.6 is 0 Å². The first-order chi connectivity index (χ1) is 9.78. The molecule has 0 saturated heterocycles. The second-order valence-corrected chi connectivity index (χ2v) is 4.92. The first-order valence-corrected chi connectivity index (χ1v) is 6.73. The Labute approximate surface area is 118 Å². The molecule has 2 heterocycles. The highest BCUT2D eigenvalue weighted by Crippen LogP contribution is 2.29. The molecule has 1 N–H and O–H groups in total. The average molecular weight is 264 g/mol. The van der Waals surface area contributed by atoms with Crippen LogP contribution in [0.2, 0.25) is 0 Å². The summed E-state index contributed by atoms with van der Waals surface area (Å²) in [6, 6.07) is 14.2. The first kappa shape index (κ1) is 12.6. The van der Waals surface area contributed by atoms with Crippen LogP contribution in [0.3, 0.4) is 0 Å². The Morgan fingerprint density at radius 1 is 1.30 bits per heavy atom. The molecule has 1 aliphatic rings. The van der Waals surface area contributed by atoms with Gasteiger partial charge in [-0.15, -0.1) is 0 Å². The lowest BCUT2D eigenvalue weighted by Crippen LogP contribution is -2.25. The Morgan fingerprint density at radius 3 is 3.00 bits per heavy atom. The van der Waals surface area contributed by atoms with Gasteiger partial charge in [0.2, 0.25) is 0 Å². The van der Waals surface area contributed by atoms with Crippen molar-refractivity contribution in [3.05, 3.63) is 53.2 Å². The van der Waals surface area contributed by atoms with Gasteiger partial charge in [-0.05, 0) is 30.7 Å². The van der Waals surface area contributed by atoms with Gasteiger partial charge in [-0.3, -0.25) is 0 Å². The van der Waals surface area contributed by atoms with Gasteiger partial charge < -0.3 is 10.2 Å². The van der Waals surface area contributed by atoms with Gasteiger partial charge in [0, 0.05) is 31.0 Å². The van der Waals surface area contributed by atoms with E-state index in [2.05, 4.69) is 33.4 Å². The molecule has 20 heavy (non-hydrogen) atoms. The highest BCUT2D eigenvalue weighted by molar-refractivity contribution is 5.65. The molecule has 0 amide bonds. The van der Waals surface area contributed by atoms with Crippen LogP contribution in [0.25, 0.3) is 0 Å². The molecule has 0 aliphatic carbocycles. The third-order valence-corrected chi connectivity index (χ3v) is 3.46. The van der Waals surface area contributed by atoms with Gasteiger partial charge in [0.15, 0.2) is 0 Å². The number of hydrogen-bond donors (Lipinski definition) is 1. The minimum atomic E-state index is 0.655. The second-order valence-electron chi connectivity index (χ2n) is 4.92. The Bertz CT molecular complexity index is 672. The third-order valence-electron chi connectivity index (χ3n) is 3.46. The van der Waals surface area contributed by atoms with Gasteiger partial charge >= 0.3 is 0 Å². The fourth-order valence-corrected chi connectivity index (χ4v) is 2.55. The monoisotopic (exact) mass is 264 g/mol. The molecular formula is C16H16N4. The molecule has 4 nitrogen and oxygen atoms in total. The van der Waals surface area contributed by atoms with Crippen molar-refractivity contribution < 1.29 is 0 Å². The molecule has 0 fully saturated rings. The minimum absolute atomic E-state index is 0.655. The molecule has 0 radical (unpaired) electrons. The Balaban J connectivity index is 2.10. The van der Waals surface area contributed by atoms with E-state index in [9.17, 15) is 0 Å². The molecule has 4 heteroatoms. The van der Waals surface area contributed by atoms with E-state index in [1.807, 2.05) is 31.2 Å². The van der Waals surface area contributed by atoms with Crippen LogP contribution in [0.4, 0.5) is 11.5 Å². The molecule has 0 unspecified atom stereocenters. The van der Waals surface area contributed by atoms with Crippen molar-refractivity contribution in [3.63, 3.8) is 0 Å². The van der Waals surface area contributed by atoms with E-state index >= 15 is 0 Å². The highest BCUT2D eigenvalue weighted by atomic mass is 15.2. The van der Waals surface area contributed by atoms with Crippen molar-refractivity contribution in [2.45, 2.75) is 13.5 Å². The van der Waals surface area contributed by atoms with Crippen molar-refractivity contribution in [2.75, 3.05) is 18.0 Å². The number of pyridine rings is 1. The van der Waals surface area contributed by atoms with Crippen molar-refractivity contribution in [3.8, 4) is 6.07 Å². The van der Waals surface area contributed by atoms with Gasteiger partial charge in [0.05, 0.1) is 11.6 Å². The Kier molecular flexibility index (Phi) is 3.36. The molecule has 1 aliphatic heterocycles. The number of nitrogens with one attached hydrogen (secondary N) is 1. The number of anilines is 2. The summed E-state index contributed by atoms with van der Waals surface area (Å²) in [7, 11) is 0. The smallest absolute Gasteiger partial charge is 0.134 e. The zero-order valence-corrected chi connectivity index (χ0v) is 11.4. The molecular weight excluding hydrogens is 248 g/mol. The summed E-state index contributed by atoms with van der Waals surface area (Å²) in [6.45, 7) is 4.53. The standard InChI is InChI=1S/C16H16N4/c1-12-8-13(10-17)9-16(19-12)20-7-6-18-11-14-4-2-3-5-15(14)20/h2-5,8-9,18H,6-7,11H2,1H3. The summed E-state index contributed by atoms with van der Waals surface area (Å²) in [5.41, 5.74) is 3.95. The zero-order valence-electron chi connectivity index (χ0n) is 11.4. The second kappa shape index (κ2) is 5.32. The maximum absolute atomic E-state index is 9.13. The largest absolute Gasteiger partial charge is 0.325 e. The molecule has 1 aromatic heterocycles. The number of hydrogen-bond acceptors (Lipinski definition) is 4. The lowest BCUT2D eigenvalue weighted by Gasteiger charge is -2.24. The van der Waals surface area contributed by atoms with Crippen LogP contribution in [0.1, 0.15) is 16.8 Å². The van der Waals surface area contributed by atoms with E-state index in [-0.39, 0.29) is 0 Å². The summed E-state index contributed by atoms with van der Waals surface area (Å²) < 4.78 is 0. The van der Waals surface area contributed by atoms with Crippen LogP contribution in [0.15, 0.2) is 36.4 Å². The third kappa shape index (κ3) is 2.36. The average Bonchev–Trinajstić information content (AvgIpc) is 2.69. The predicted octanol–water partition coefficient (Wildman–Crippen LogP) is 2.50. The van der Waals surface area contributed by atoms with Gasteiger partial charge in [0.25, 0.3) is 0 Å². The summed E-state index contributed by atoms with van der Waals surface area (Å²) in [6.07, 6.45) is 0. The fourth-order valence-electron chi connectivity index (χ4n) is 2.55. The van der Waals surface area contributed by atoms with Crippen molar-refractivity contribution in [1.82, 2.24) is 10.3 Å². The van der Waals surface area contributed by atoms with Crippen LogP contribution < -0.4 is 10.2 Å². The van der Waals surface area contributed by atoms with Crippen LogP contribution in [0.5, 0.6) is 0 Å². The van der Waals surface area contributed by atoms with Gasteiger partial charge in [-0.1, -0.05) is 18.2 Å². The maximum atomic E-state index is 9.13. The van der Waals surface area contributed by atoms with E-state index < -0.39 is 0 Å². The lowest BCUT2D eigenvalue weighted by molar-refractivity contribution is 0.711. The first-order valence-electron chi connectivity index (χ1n) is 6.73. The molecule has 0 bridgehead atoms. The molecule has 0 saturated carbocycles. The number of aryl methyl sites for hydroxylation is 1. The summed E-state index contributed by atoms with van der Waals surface area (Å²) in [4.78, 5) is 6.78. The molecule has 100 valence electrons. The zero-order chi connectivity index (χ0) is 13.9. The lowest BCUT2D eigenvalue weighted by atomic mass is 10.1. The quantitative estimate of drug-likeness (QED) is 0.860. The SMILES string of the molecule is Cc1cc(C#N)cc(N2CCNCc3ccccc32)n1.